The number of fused-ring (bicyclic) bond motifs is 1. The highest BCUT2D eigenvalue weighted by molar-refractivity contribution is 6.36. The van der Waals surface area contributed by atoms with Crippen LogP contribution in [0.1, 0.15) is 69.2 Å². The number of aromatic nitrogens is 3. The van der Waals surface area contributed by atoms with E-state index in [9.17, 15) is 9.59 Å². The molecule has 3 heterocycles. The normalized spacial score (nSPS) is 15.9. The number of H-pyrrole nitrogens is 1. The Hall–Kier alpha value is -5.32. The summed E-state index contributed by atoms with van der Waals surface area (Å²) in [6.45, 7) is 9.43. The van der Waals surface area contributed by atoms with Gasteiger partial charge in [0.2, 0.25) is 5.28 Å². The van der Waals surface area contributed by atoms with E-state index in [1.165, 1.54) is 27.2 Å². The van der Waals surface area contributed by atoms with Crippen molar-refractivity contribution in [1.29, 1.82) is 0 Å². The van der Waals surface area contributed by atoms with E-state index in [2.05, 4.69) is 20.3 Å². The van der Waals surface area contributed by atoms with Crippen LogP contribution in [0, 0.1) is 12.7 Å². The number of anilines is 1. The second kappa shape index (κ2) is 19.6. The number of aryl methyl sites for hydroxylation is 1. The number of amides is 1. The molecule has 0 bridgehead atoms. The van der Waals surface area contributed by atoms with Gasteiger partial charge in [-0.05, 0) is 99.2 Å². The molecule has 6 rings (SSSR count). The lowest BCUT2D eigenvalue weighted by molar-refractivity contribution is -0.137. The molecule has 0 saturated carbocycles. The van der Waals surface area contributed by atoms with Crippen LogP contribution in [0.15, 0.2) is 59.4 Å². The van der Waals surface area contributed by atoms with Gasteiger partial charge in [-0.15, -0.1) is 0 Å². The van der Waals surface area contributed by atoms with E-state index < -0.39 is 79.1 Å². The van der Waals surface area contributed by atoms with E-state index in [0.717, 1.165) is 17.5 Å². The fourth-order valence-electron chi connectivity index (χ4n) is 7.54. The molecule has 2 N–H and O–H groups in total. The maximum absolute atomic E-state index is 17.1. The van der Waals surface area contributed by atoms with Gasteiger partial charge < -0.3 is 34.1 Å². The molecule has 3 aromatic carbocycles. The Balaban J connectivity index is 1.47. The van der Waals surface area contributed by atoms with Crippen LogP contribution in [-0.2, 0) is 24.0 Å². The molecule has 1 aliphatic rings. The number of carbonyl (C=O) groups is 1. The molecule has 0 aliphatic carbocycles. The first-order valence-electron chi connectivity index (χ1n) is 20.4. The van der Waals surface area contributed by atoms with Crippen LogP contribution in [0.25, 0.3) is 22.2 Å². The summed E-state index contributed by atoms with van der Waals surface area (Å²) in [6.07, 6.45) is -3.67. The lowest BCUT2D eigenvalue weighted by atomic mass is 9.98. The van der Waals surface area contributed by atoms with E-state index in [0.29, 0.717) is 30.9 Å². The molecule has 338 valence electrons. The van der Waals surface area contributed by atoms with Crippen molar-refractivity contribution in [2.75, 3.05) is 38.8 Å². The maximum Gasteiger partial charge on any atom is 0.418 e. The van der Waals surface area contributed by atoms with Gasteiger partial charge >= 0.3 is 12.3 Å². The Morgan fingerprint density at radius 2 is 1.57 bits per heavy atom. The summed E-state index contributed by atoms with van der Waals surface area (Å²) in [5, 5.41) is 1.79. The second-order valence-electron chi connectivity index (χ2n) is 16.3. The second-order valence-corrected chi connectivity index (χ2v) is 17.0. The van der Waals surface area contributed by atoms with Gasteiger partial charge in [-0.25, -0.2) is 19.2 Å². The number of alkyl halides is 3. The number of carbonyl (C=O) groups excluding carboxylic acids is 1. The number of ether oxygens (including phenoxy) is 4. The molecule has 63 heavy (non-hydrogen) atoms. The average molecular weight is 918 g/mol. The summed E-state index contributed by atoms with van der Waals surface area (Å²) >= 11 is 13.1. The largest absolute Gasteiger partial charge is 0.497 e. The number of nitrogens with zero attached hydrogens (tertiary/aromatic N) is 4. The van der Waals surface area contributed by atoms with Gasteiger partial charge in [0.25, 0.3) is 5.56 Å². The Labute approximate surface area is 372 Å². The van der Waals surface area contributed by atoms with Crippen molar-refractivity contribution >= 4 is 46.0 Å². The molecular weight excluding hydrogens is 867 g/mol. The van der Waals surface area contributed by atoms with E-state index in [1.807, 2.05) is 31.2 Å². The quantitative estimate of drug-likeness (QED) is 0.0870. The van der Waals surface area contributed by atoms with E-state index in [-0.39, 0.29) is 43.7 Å². The number of aromatic amines is 1. The van der Waals surface area contributed by atoms with Crippen molar-refractivity contribution in [1.82, 2.24) is 25.2 Å². The average Bonchev–Trinajstić information content (AvgIpc) is 3.42. The Morgan fingerprint density at radius 1 is 0.968 bits per heavy atom. The van der Waals surface area contributed by atoms with Gasteiger partial charge in [0.05, 0.1) is 36.1 Å². The molecule has 12 nitrogen and oxygen atoms in total. The van der Waals surface area contributed by atoms with Gasteiger partial charge in [-0.3, -0.25) is 9.78 Å². The summed E-state index contributed by atoms with van der Waals surface area (Å²) < 4.78 is 85.4. The number of pyridine rings is 1. The van der Waals surface area contributed by atoms with Crippen LogP contribution >= 0.6 is 23.2 Å². The third-order valence-corrected chi connectivity index (χ3v) is 11.1. The van der Waals surface area contributed by atoms with Gasteiger partial charge in [0, 0.05) is 38.3 Å². The van der Waals surface area contributed by atoms with Crippen molar-refractivity contribution in [3.8, 4) is 28.5 Å². The van der Waals surface area contributed by atoms with E-state index >= 15 is 17.6 Å². The van der Waals surface area contributed by atoms with Gasteiger partial charge in [-0.2, -0.15) is 13.2 Å². The van der Waals surface area contributed by atoms with Crippen molar-refractivity contribution in [2.24, 2.45) is 0 Å². The van der Waals surface area contributed by atoms with Crippen LogP contribution in [0.4, 0.5) is 28.2 Å². The fourth-order valence-corrected chi connectivity index (χ4v) is 8.04. The number of hydrogen-bond donors (Lipinski definition) is 2. The zero-order chi connectivity index (χ0) is 45.8. The van der Waals surface area contributed by atoms with E-state index in [1.54, 1.807) is 54.8 Å². The molecule has 0 spiro atoms. The lowest BCUT2D eigenvalue weighted by Gasteiger charge is -2.32. The Morgan fingerprint density at radius 3 is 2.11 bits per heavy atom. The molecule has 1 amide bonds. The molecule has 1 aliphatic heterocycles. The maximum atomic E-state index is 17.1. The Kier molecular flexibility index (Phi) is 14.7. The number of methoxy groups -OCH3 is 2. The molecule has 5 aromatic rings. The molecule has 2 atom stereocenters. The molecule has 18 heteroatoms. The number of halogens is 6. The number of nitrogens with one attached hydrogen (secondary N) is 2. The van der Waals surface area contributed by atoms with Crippen molar-refractivity contribution < 1.29 is 41.3 Å². The molecule has 1 saturated heterocycles. The summed E-state index contributed by atoms with van der Waals surface area (Å²) in [6, 6.07) is 14.9. The summed E-state index contributed by atoms with van der Waals surface area (Å²) in [5.74, 6) is -0.492. The predicted octanol–water partition coefficient (Wildman–Crippen LogP) is 10.1. The molecule has 0 unspecified atom stereocenters. The van der Waals surface area contributed by atoms with Crippen LogP contribution < -0.4 is 30.0 Å². The standard InChI is InChI=1S/C45H50Cl2F4N6O6/c1-8-9-29-21-52-28(18-19-57(29)43(59)63-44(3,4)5)24-62-40-34-39(54-42(47)55-41(34)58)37(48)33(36(40)46)38-35(45(49,50)51)25(2)20-32(53-38)56(22-26-10-14-30(60-6)15-11-26)23-27-12-16-31(61-7)17-13-27/h10-17,20,28-29,52H,8-9,18-19,21-24H2,1-7H3,(H,54,55,58)/t28-,29+/m0/s1. The molecule has 2 aromatic heterocycles. The SMILES string of the molecule is CCC[C@@H]1CN[C@H](COc2c(Cl)c(-c3nc(N(Cc4ccc(OC)cc4)Cc4ccc(OC)cc4)cc(C)c3C(F)(F)F)c(F)c3nc(Cl)[nH]c(=O)c23)CCN1C(=O)OC(C)(C)C. The number of benzene rings is 3. The van der Waals surface area contributed by atoms with Gasteiger partial charge in [0.15, 0.2) is 11.6 Å². The monoisotopic (exact) mass is 916 g/mol. The molecule has 0 radical (unpaired) electrons. The third-order valence-electron chi connectivity index (χ3n) is 10.6. The van der Waals surface area contributed by atoms with Gasteiger partial charge in [-0.1, -0.05) is 49.2 Å². The number of rotatable bonds is 13. The highest BCUT2D eigenvalue weighted by Crippen LogP contribution is 2.47. The zero-order valence-corrected chi connectivity index (χ0v) is 37.5. The van der Waals surface area contributed by atoms with Crippen LogP contribution in [-0.4, -0.2) is 77.5 Å². The first kappa shape index (κ1) is 47.2. The first-order valence-corrected chi connectivity index (χ1v) is 21.1. The summed E-state index contributed by atoms with van der Waals surface area (Å²) in [4.78, 5) is 41.0. The minimum absolute atomic E-state index is 0.0656. The molecule has 1 fully saturated rings. The lowest BCUT2D eigenvalue weighted by Crippen LogP contribution is -2.46. The van der Waals surface area contributed by atoms with E-state index in [4.69, 9.17) is 42.1 Å². The zero-order valence-electron chi connectivity index (χ0n) is 36.0. The first-order chi connectivity index (χ1) is 29.8. The highest BCUT2D eigenvalue weighted by atomic mass is 35.5. The summed E-state index contributed by atoms with van der Waals surface area (Å²) in [5.41, 5.74) is -3.93. The third kappa shape index (κ3) is 11.1. The predicted molar refractivity (Wildman–Crippen MR) is 235 cm³/mol. The summed E-state index contributed by atoms with van der Waals surface area (Å²) in [7, 11) is 3.07. The smallest absolute Gasteiger partial charge is 0.418 e. The van der Waals surface area contributed by atoms with Crippen LogP contribution in [0.3, 0.4) is 0 Å². The van der Waals surface area contributed by atoms with Crippen molar-refractivity contribution in [3.63, 3.8) is 0 Å². The topological polar surface area (TPSA) is 131 Å². The minimum atomic E-state index is -5.05. The van der Waals surface area contributed by atoms with Crippen LogP contribution in [0.5, 0.6) is 17.2 Å². The van der Waals surface area contributed by atoms with Crippen LogP contribution in [0.2, 0.25) is 10.3 Å². The van der Waals surface area contributed by atoms with Crippen molar-refractivity contribution in [3.05, 3.63) is 103 Å². The number of hydrogen-bond acceptors (Lipinski definition) is 10. The Bertz CT molecular complexity index is 2430. The van der Waals surface area contributed by atoms with Gasteiger partial charge in [0.1, 0.15) is 40.4 Å². The molecular formula is C45H50Cl2F4N6O6. The highest BCUT2D eigenvalue weighted by Gasteiger charge is 2.40. The fraction of sp³-hybridized carbons (Fsp3) is 0.422. The minimum Gasteiger partial charge on any atom is -0.497 e. The van der Waals surface area contributed by atoms with Crippen molar-refractivity contribution in [2.45, 2.75) is 90.8 Å².